The number of hydrogen-bond acceptors (Lipinski definition) is 5. The SMILES string of the molecule is COC(=O)C(Cc1ccccc1)NC(=O)[C@H](CC(=O)O)NCCC(C)(C)C. The van der Waals surface area contributed by atoms with Crippen LogP contribution in [0.2, 0.25) is 0 Å². The summed E-state index contributed by atoms with van der Waals surface area (Å²) in [5.74, 6) is -2.19. The van der Waals surface area contributed by atoms with Crippen LogP contribution in [0.25, 0.3) is 0 Å². The molecule has 0 aromatic heterocycles. The maximum atomic E-state index is 12.6. The molecule has 0 heterocycles. The second-order valence-corrected chi connectivity index (χ2v) is 7.69. The minimum Gasteiger partial charge on any atom is -0.481 e. The van der Waals surface area contributed by atoms with Gasteiger partial charge in [-0.05, 0) is 23.9 Å². The van der Waals surface area contributed by atoms with Crippen molar-refractivity contribution in [1.82, 2.24) is 10.6 Å². The van der Waals surface area contributed by atoms with Crippen LogP contribution in [0.1, 0.15) is 39.2 Å². The Morgan fingerprint density at radius 2 is 1.74 bits per heavy atom. The zero-order chi connectivity index (χ0) is 20.4. The molecule has 0 radical (unpaired) electrons. The number of methoxy groups -OCH3 is 1. The van der Waals surface area contributed by atoms with Gasteiger partial charge in [-0.1, -0.05) is 51.1 Å². The average Bonchev–Trinajstić information content (AvgIpc) is 2.59. The van der Waals surface area contributed by atoms with E-state index in [0.717, 1.165) is 12.0 Å². The number of aliphatic carboxylic acids is 1. The molecule has 150 valence electrons. The Kier molecular flexibility index (Phi) is 8.94. The third-order valence-electron chi connectivity index (χ3n) is 4.05. The molecule has 0 aliphatic carbocycles. The minimum atomic E-state index is -1.09. The fourth-order valence-electron chi connectivity index (χ4n) is 2.51. The molecule has 3 N–H and O–H groups in total. The van der Waals surface area contributed by atoms with Crippen LogP contribution in [-0.2, 0) is 25.5 Å². The Labute approximate surface area is 160 Å². The summed E-state index contributed by atoms with van der Waals surface area (Å²) in [6.07, 6.45) is 0.678. The van der Waals surface area contributed by atoms with Crippen molar-refractivity contribution in [3.63, 3.8) is 0 Å². The molecule has 7 nitrogen and oxygen atoms in total. The molecular formula is C20H30N2O5. The fraction of sp³-hybridized carbons (Fsp3) is 0.550. The Morgan fingerprint density at radius 3 is 2.26 bits per heavy atom. The zero-order valence-electron chi connectivity index (χ0n) is 16.5. The van der Waals surface area contributed by atoms with Crippen molar-refractivity contribution < 1.29 is 24.2 Å². The molecule has 1 rings (SSSR count). The number of carboxylic acids is 1. The summed E-state index contributed by atoms with van der Waals surface area (Å²) >= 11 is 0. The predicted octanol–water partition coefficient (Wildman–Crippen LogP) is 1.76. The van der Waals surface area contributed by atoms with Crippen molar-refractivity contribution in [3.8, 4) is 0 Å². The number of carboxylic acid groups (broad SMARTS) is 1. The number of amides is 1. The lowest BCUT2D eigenvalue weighted by Gasteiger charge is -2.23. The van der Waals surface area contributed by atoms with E-state index < -0.39 is 29.9 Å². The van der Waals surface area contributed by atoms with Gasteiger partial charge in [-0.3, -0.25) is 9.59 Å². The molecule has 0 saturated heterocycles. The number of ether oxygens (including phenoxy) is 1. The highest BCUT2D eigenvalue weighted by atomic mass is 16.5. The molecule has 27 heavy (non-hydrogen) atoms. The van der Waals surface area contributed by atoms with E-state index in [1.165, 1.54) is 7.11 Å². The molecule has 0 aliphatic rings. The van der Waals surface area contributed by atoms with E-state index in [-0.39, 0.29) is 18.3 Å². The van der Waals surface area contributed by atoms with E-state index in [1.807, 2.05) is 30.3 Å². The average molecular weight is 378 g/mol. The number of hydrogen-bond donors (Lipinski definition) is 3. The van der Waals surface area contributed by atoms with E-state index in [9.17, 15) is 14.4 Å². The fourth-order valence-corrected chi connectivity index (χ4v) is 2.51. The quantitative estimate of drug-likeness (QED) is 0.536. The molecule has 0 bridgehead atoms. The maximum Gasteiger partial charge on any atom is 0.328 e. The van der Waals surface area contributed by atoms with Gasteiger partial charge in [-0.2, -0.15) is 0 Å². The van der Waals surface area contributed by atoms with E-state index in [4.69, 9.17) is 9.84 Å². The molecule has 1 aromatic rings. The molecule has 0 spiro atoms. The van der Waals surface area contributed by atoms with Gasteiger partial charge in [0.2, 0.25) is 5.91 Å². The monoisotopic (exact) mass is 378 g/mol. The van der Waals surface area contributed by atoms with Crippen LogP contribution in [0, 0.1) is 5.41 Å². The number of carbonyl (C=O) groups is 3. The van der Waals surface area contributed by atoms with Crippen molar-refractivity contribution in [3.05, 3.63) is 35.9 Å². The van der Waals surface area contributed by atoms with Gasteiger partial charge in [-0.25, -0.2) is 4.79 Å². The number of benzene rings is 1. The van der Waals surface area contributed by atoms with Crippen LogP contribution in [0.5, 0.6) is 0 Å². The predicted molar refractivity (Wildman–Crippen MR) is 102 cm³/mol. The first-order chi connectivity index (χ1) is 12.6. The third kappa shape index (κ3) is 9.19. The molecule has 2 atom stereocenters. The standard InChI is InChI=1S/C20H30N2O5/c1-20(2,3)10-11-21-15(13-17(23)24)18(25)22-16(19(26)27-4)12-14-8-6-5-7-9-14/h5-9,15-16,21H,10-13H2,1-4H3,(H,22,25)(H,23,24)/t15-,16?/m0/s1. The molecule has 7 heteroatoms. The second kappa shape index (κ2) is 10.7. The van der Waals surface area contributed by atoms with Gasteiger partial charge in [0.15, 0.2) is 0 Å². The van der Waals surface area contributed by atoms with Gasteiger partial charge in [0.1, 0.15) is 6.04 Å². The van der Waals surface area contributed by atoms with Crippen LogP contribution < -0.4 is 10.6 Å². The highest BCUT2D eigenvalue weighted by molar-refractivity contribution is 5.90. The lowest BCUT2D eigenvalue weighted by atomic mass is 9.92. The summed E-state index contributed by atoms with van der Waals surface area (Å²) in [5, 5.41) is 14.7. The largest absolute Gasteiger partial charge is 0.481 e. The van der Waals surface area contributed by atoms with Gasteiger partial charge in [0.25, 0.3) is 0 Å². The molecule has 1 unspecified atom stereocenters. The lowest BCUT2D eigenvalue weighted by Crippen LogP contribution is -2.52. The van der Waals surface area contributed by atoms with Crippen molar-refractivity contribution >= 4 is 17.8 Å². The Hall–Kier alpha value is -2.41. The summed E-state index contributed by atoms with van der Waals surface area (Å²) in [7, 11) is 1.25. The zero-order valence-corrected chi connectivity index (χ0v) is 16.5. The summed E-state index contributed by atoms with van der Waals surface area (Å²) in [5.41, 5.74) is 0.919. The summed E-state index contributed by atoms with van der Waals surface area (Å²) in [4.78, 5) is 35.8. The van der Waals surface area contributed by atoms with Gasteiger partial charge >= 0.3 is 11.9 Å². The van der Waals surface area contributed by atoms with E-state index in [2.05, 4.69) is 31.4 Å². The van der Waals surface area contributed by atoms with Crippen LogP contribution in [0.3, 0.4) is 0 Å². The Bertz CT molecular complexity index is 625. The Morgan fingerprint density at radius 1 is 1.11 bits per heavy atom. The van der Waals surface area contributed by atoms with E-state index >= 15 is 0 Å². The third-order valence-corrected chi connectivity index (χ3v) is 4.05. The molecule has 0 aliphatic heterocycles. The topological polar surface area (TPSA) is 105 Å². The molecule has 1 aromatic carbocycles. The first-order valence-corrected chi connectivity index (χ1v) is 8.99. The first kappa shape index (κ1) is 22.6. The van der Waals surface area contributed by atoms with Gasteiger partial charge in [-0.15, -0.1) is 0 Å². The van der Waals surface area contributed by atoms with Crippen molar-refractivity contribution in [2.75, 3.05) is 13.7 Å². The van der Waals surface area contributed by atoms with Crippen LogP contribution in [-0.4, -0.2) is 48.7 Å². The van der Waals surface area contributed by atoms with Crippen LogP contribution in [0.4, 0.5) is 0 Å². The second-order valence-electron chi connectivity index (χ2n) is 7.69. The molecular weight excluding hydrogens is 348 g/mol. The van der Waals surface area contributed by atoms with Crippen molar-refractivity contribution in [2.24, 2.45) is 5.41 Å². The lowest BCUT2D eigenvalue weighted by molar-refractivity contribution is -0.145. The minimum absolute atomic E-state index is 0.0547. The van der Waals surface area contributed by atoms with E-state index in [1.54, 1.807) is 0 Å². The van der Waals surface area contributed by atoms with Crippen LogP contribution >= 0.6 is 0 Å². The maximum absolute atomic E-state index is 12.6. The smallest absolute Gasteiger partial charge is 0.328 e. The van der Waals surface area contributed by atoms with Gasteiger partial charge in [0, 0.05) is 6.42 Å². The highest BCUT2D eigenvalue weighted by Crippen LogP contribution is 2.17. The number of carbonyl (C=O) groups excluding carboxylic acids is 2. The first-order valence-electron chi connectivity index (χ1n) is 8.99. The molecule has 1 amide bonds. The number of nitrogens with one attached hydrogen (secondary N) is 2. The van der Waals surface area contributed by atoms with Gasteiger partial charge < -0.3 is 20.5 Å². The summed E-state index contributed by atoms with van der Waals surface area (Å²) < 4.78 is 4.78. The normalized spacial score (nSPS) is 13.5. The van der Waals surface area contributed by atoms with Crippen LogP contribution in [0.15, 0.2) is 30.3 Å². The molecule has 0 saturated carbocycles. The van der Waals surface area contributed by atoms with E-state index in [0.29, 0.717) is 6.54 Å². The van der Waals surface area contributed by atoms with Crippen molar-refractivity contribution in [2.45, 2.75) is 52.1 Å². The van der Waals surface area contributed by atoms with Crippen molar-refractivity contribution in [1.29, 1.82) is 0 Å². The van der Waals surface area contributed by atoms with Gasteiger partial charge in [0.05, 0.1) is 19.6 Å². The number of rotatable bonds is 10. The Balaban J connectivity index is 2.80. The summed E-state index contributed by atoms with van der Waals surface area (Å²) in [6, 6.07) is 7.42. The molecule has 0 fully saturated rings. The number of esters is 1. The highest BCUT2D eigenvalue weighted by Gasteiger charge is 2.28. The summed E-state index contributed by atoms with van der Waals surface area (Å²) in [6.45, 7) is 6.69.